The molecule has 1 N–H and O–H groups in total. The second-order valence-electron chi connectivity index (χ2n) is 10.8. The molecular formula is C34H37N3O6S. The molecule has 230 valence electrons. The fraction of sp³-hybridized carbons (Fsp3) is 0.294. The van der Waals surface area contributed by atoms with Crippen LogP contribution in [0.1, 0.15) is 24.5 Å². The largest absolute Gasteiger partial charge is 0.481 e. The van der Waals surface area contributed by atoms with E-state index in [9.17, 15) is 23.1 Å². The van der Waals surface area contributed by atoms with E-state index in [1.807, 2.05) is 65.6 Å². The number of carbonyl (C=O) groups is 2. The van der Waals surface area contributed by atoms with E-state index in [-0.39, 0.29) is 31.0 Å². The molecule has 10 heteroatoms. The van der Waals surface area contributed by atoms with E-state index < -0.39 is 32.6 Å². The Bertz CT molecular complexity index is 1630. The molecule has 0 fully saturated rings. The minimum Gasteiger partial charge on any atom is -0.481 e. The average molecular weight is 616 g/mol. The molecule has 4 rings (SSSR count). The summed E-state index contributed by atoms with van der Waals surface area (Å²) >= 11 is 0. The molecule has 1 aliphatic heterocycles. The smallest absolute Gasteiger partial charge is 0.409 e. The number of benzene rings is 3. The Labute approximate surface area is 259 Å². The summed E-state index contributed by atoms with van der Waals surface area (Å²) in [6.45, 7) is 2.12. The molecule has 0 aliphatic carbocycles. The van der Waals surface area contributed by atoms with Crippen LogP contribution < -0.4 is 4.74 Å². The van der Waals surface area contributed by atoms with Crippen molar-refractivity contribution in [2.24, 2.45) is 0 Å². The molecule has 1 aliphatic rings. The molecule has 0 saturated heterocycles. The van der Waals surface area contributed by atoms with E-state index in [1.165, 1.54) is 43.3 Å². The van der Waals surface area contributed by atoms with Gasteiger partial charge in [-0.2, -0.15) is 0 Å². The van der Waals surface area contributed by atoms with Gasteiger partial charge in [0.2, 0.25) is 9.84 Å². The van der Waals surface area contributed by atoms with Crippen molar-refractivity contribution in [3.05, 3.63) is 108 Å². The predicted octanol–water partition coefficient (Wildman–Crippen LogP) is 4.66. The van der Waals surface area contributed by atoms with Crippen LogP contribution in [0.2, 0.25) is 0 Å². The molecule has 44 heavy (non-hydrogen) atoms. The minimum atomic E-state index is -4.31. The lowest BCUT2D eigenvalue weighted by molar-refractivity contribution is -0.133. The van der Waals surface area contributed by atoms with Gasteiger partial charge in [-0.15, -0.1) is 5.92 Å². The summed E-state index contributed by atoms with van der Waals surface area (Å²) in [5, 5.41) is 8.94. The highest BCUT2D eigenvalue weighted by atomic mass is 32.2. The molecule has 2 unspecified atom stereocenters. The molecule has 0 aromatic heterocycles. The van der Waals surface area contributed by atoms with Crippen molar-refractivity contribution in [3.63, 3.8) is 0 Å². The number of nitrogens with zero attached hydrogens (tertiary/aromatic N) is 3. The first-order valence-corrected chi connectivity index (χ1v) is 15.7. The Kier molecular flexibility index (Phi) is 10.5. The first-order valence-electron chi connectivity index (χ1n) is 14.1. The van der Waals surface area contributed by atoms with Gasteiger partial charge in [0.25, 0.3) is 0 Å². The van der Waals surface area contributed by atoms with Crippen LogP contribution in [0.5, 0.6) is 5.75 Å². The number of ether oxygens (including phenoxy) is 1. The van der Waals surface area contributed by atoms with Crippen molar-refractivity contribution in [2.75, 3.05) is 27.4 Å². The van der Waals surface area contributed by atoms with Crippen molar-refractivity contribution < 1.29 is 27.9 Å². The molecule has 1 heterocycles. The monoisotopic (exact) mass is 615 g/mol. The number of ketones is 1. The van der Waals surface area contributed by atoms with Crippen LogP contribution in [0.15, 0.2) is 102 Å². The van der Waals surface area contributed by atoms with Gasteiger partial charge in [0.1, 0.15) is 17.9 Å². The average Bonchev–Trinajstić information content (AvgIpc) is 3.18. The highest BCUT2D eigenvalue weighted by Gasteiger charge is 2.53. The van der Waals surface area contributed by atoms with Crippen LogP contribution in [-0.2, 0) is 27.6 Å². The van der Waals surface area contributed by atoms with Crippen molar-refractivity contribution in [3.8, 4) is 17.6 Å². The van der Waals surface area contributed by atoms with E-state index in [0.29, 0.717) is 17.9 Å². The van der Waals surface area contributed by atoms with E-state index in [4.69, 9.17) is 4.74 Å². The minimum absolute atomic E-state index is 0.00636. The third-order valence-electron chi connectivity index (χ3n) is 7.50. The van der Waals surface area contributed by atoms with Gasteiger partial charge in [-0.05, 0) is 69.0 Å². The van der Waals surface area contributed by atoms with Crippen LogP contribution in [0, 0.1) is 11.8 Å². The second-order valence-corrected chi connectivity index (χ2v) is 12.8. The van der Waals surface area contributed by atoms with Gasteiger partial charge < -0.3 is 14.7 Å². The van der Waals surface area contributed by atoms with Crippen molar-refractivity contribution in [1.29, 1.82) is 0 Å². The summed E-state index contributed by atoms with van der Waals surface area (Å²) in [6.07, 6.45) is 2.21. The number of sulfone groups is 1. The van der Waals surface area contributed by atoms with Gasteiger partial charge in [-0.1, -0.05) is 72.7 Å². The summed E-state index contributed by atoms with van der Waals surface area (Å²) in [7, 11) is -1.29. The Morgan fingerprint density at radius 1 is 0.977 bits per heavy atom. The zero-order valence-electron chi connectivity index (χ0n) is 25.1. The highest BCUT2D eigenvalue weighted by Crippen LogP contribution is 2.35. The number of carbonyl (C=O) groups excluding carboxylic acids is 1. The molecule has 3 aromatic rings. The number of Topliss-reactive ketones (excluding diaryl/α,β-unsaturated/α-hetero) is 1. The zero-order chi connectivity index (χ0) is 31.7. The zero-order valence-corrected chi connectivity index (χ0v) is 25.9. The van der Waals surface area contributed by atoms with Crippen LogP contribution in [0.4, 0.5) is 4.79 Å². The second kappa shape index (κ2) is 14.3. The molecule has 9 nitrogen and oxygen atoms in total. The lowest BCUT2D eigenvalue weighted by Crippen LogP contribution is -2.64. The summed E-state index contributed by atoms with van der Waals surface area (Å²) in [5.74, 6) is 5.22. The van der Waals surface area contributed by atoms with Gasteiger partial charge in [0, 0.05) is 13.0 Å². The van der Waals surface area contributed by atoms with Crippen LogP contribution >= 0.6 is 0 Å². The van der Waals surface area contributed by atoms with Gasteiger partial charge in [-0.25, -0.2) is 13.2 Å². The maximum Gasteiger partial charge on any atom is 0.409 e. The topological polar surface area (TPSA) is 107 Å². The summed E-state index contributed by atoms with van der Waals surface area (Å²) < 4.78 is 33.9. The van der Waals surface area contributed by atoms with E-state index >= 15 is 0 Å². The standard InChI is InChI=1S/C34H37N3O6S/c1-4-5-23-43-29-17-19-30(20-18-29)44(41,42)32(35(2)3)31(38)34(24-27-13-8-6-9-14-27)21-12-22-36(26-37(34)33(39)40)25-28-15-10-7-11-16-28/h6-20,22,32H,21,23-26H2,1-3H3,(H,39,40). The number of hydrogen-bond acceptors (Lipinski definition) is 7. The number of carboxylic acid groups (broad SMARTS) is 1. The third-order valence-corrected chi connectivity index (χ3v) is 9.65. The van der Waals surface area contributed by atoms with Crippen LogP contribution in [-0.4, -0.2) is 78.4 Å². The number of rotatable bonds is 11. The number of hydrogen-bond donors (Lipinski definition) is 1. The predicted molar refractivity (Wildman–Crippen MR) is 168 cm³/mol. The molecule has 1 amide bonds. The first kappa shape index (κ1) is 32.3. The molecular weight excluding hydrogens is 578 g/mol. The van der Waals surface area contributed by atoms with Gasteiger partial charge in [0.05, 0.1) is 11.6 Å². The van der Waals surface area contributed by atoms with E-state index in [2.05, 4.69) is 11.8 Å². The van der Waals surface area contributed by atoms with Gasteiger partial charge >= 0.3 is 6.09 Å². The highest BCUT2D eigenvalue weighted by molar-refractivity contribution is 7.92. The Hall–Kier alpha value is -4.59. The van der Waals surface area contributed by atoms with Crippen molar-refractivity contribution >= 4 is 21.7 Å². The SMILES string of the molecule is CC#CCOc1ccc(S(=O)(=O)C(C(=O)C2(Cc3ccccc3)CC=CN(Cc3ccccc3)CN2C(=O)O)N(C)C)cc1. The Morgan fingerprint density at radius 3 is 2.16 bits per heavy atom. The molecule has 3 aromatic carbocycles. The lowest BCUT2D eigenvalue weighted by atomic mass is 9.81. The van der Waals surface area contributed by atoms with E-state index in [0.717, 1.165) is 10.5 Å². The maximum absolute atomic E-state index is 14.8. The van der Waals surface area contributed by atoms with E-state index in [1.54, 1.807) is 19.2 Å². The third kappa shape index (κ3) is 7.30. The Morgan fingerprint density at radius 2 is 1.59 bits per heavy atom. The maximum atomic E-state index is 14.8. The fourth-order valence-corrected chi connectivity index (χ4v) is 7.22. The molecule has 2 atom stereocenters. The van der Waals surface area contributed by atoms with Crippen molar-refractivity contribution in [1.82, 2.24) is 14.7 Å². The summed E-state index contributed by atoms with van der Waals surface area (Å²) in [5.41, 5.74) is -0.0465. The van der Waals surface area contributed by atoms with Crippen LogP contribution in [0.25, 0.3) is 0 Å². The van der Waals surface area contributed by atoms with Gasteiger partial charge in [0.15, 0.2) is 11.2 Å². The molecule has 0 saturated carbocycles. The summed E-state index contributed by atoms with van der Waals surface area (Å²) in [6, 6.07) is 24.5. The lowest BCUT2D eigenvalue weighted by Gasteiger charge is -2.43. The molecule has 0 radical (unpaired) electrons. The van der Waals surface area contributed by atoms with Crippen LogP contribution in [0.3, 0.4) is 0 Å². The molecule has 0 spiro atoms. The number of likely N-dealkylation sites (N-methyl/N-ethyl adjacent to an activating group) is 1. The van der Waals surface area contributed by atoms with Gasteiger partial charge in [-0.3, -0.25) is 14.6 Å². The Balaban J connectivity index is 1.77. The molecule has 0 bridgehead atoms. The first-order chi connectivity index (χ1) is 21.1. The fourth-order valence-electron chi connectivity index (χ4n) is 5.39. The normalized spacial score (nSPS) is 17.4. The summed E-state index contributed by atoms with van der Waals surface area (Å²) in [4.78, 5) is 32.0. The quantitative estimate of drug-likeness (QED) is 0.311. The van der Waals surface area contributed by atoms with Crippen molar-refractivity contribution in [2.45, 2.75) is 42.1 Å². The number of amides is 1.